The molecule has 0 aliphatic carbocycles. The van der Waals surface area contributed by atoms with Gasteiger partial charge in [0.25, 0.3) is 0 Å². The smallest absolute Gasteiger partial charge is 0.387 e. The fraction of sp³-hybridized carbons (Fsp3) is 0.500. The molecule has 3 N–H and O–H groups in total. The van der Waals surface area contributed by atoms with Gasteiger partial charge in [-0.2, -0.15) is 8.78 Å². The highest BCUT2D eigenvalue weighted by Crippen LogP contribution is 2.19. The van der Waals surface area contributed by atoms with E-state index in [2.05, 4.69) is 10.1 Å². The predicted octanol–water partition coefficient (Wildman–Crippen LogP) is 2.99. The van der Waals surface area contributed by atoms with Gasteiger partial charge in [0, 0.05) is 18.2 Å². The Morgan fingerprint density at radius 3 is 2.80 bits per heavy atom. The van der Waals surface area contributed by atoms with Gasteiger partial charge in [0.15, 0.2) is 0 Å². The van der Waals surface area contributed by atoms with Crippen LogP contribution in [0.4, 0.5) is 14.5 Å². The molecule has 0 spiro atoms. The Kier molecular flexibility index (Phi) is 6.93. The van der Waals surface area contributed by atoms with Crippen LogP contribution in [-0.4, -0.2) is 19.1 Å². The van der Waals surface area contributed by atoms with E-state index < -0.39 is 6.61 Å². The fourth-order valence-electron chi connectivity index (χ4n) is 1.78. The fourth-order valence-corrected chi connectivity index (χ4v) is 1.78. The van der Waals surface area contributed by atoms with Crippen LogP contribution in [0.5, 0.6) is 5.75 Å². The van der Waals surface area contributed by atoms with E-state index in [1.165, 1.54) is 12.1 Å². The molecule has 112 valence electrons. The molecular formula is C14H20F2N2O2. The second-order valence-corrected chi connectivity index (χ2v) is 4.68. The number of nitrogens with two attached hydrogens (primary N) is 1. The van der Waals surface area contributed by atoms with Crippen molar-refractivity contribution >= 4 is 11.6 Å². The van der Waals surface area contributed by atoms with Crippen molar-refractivity contribution in [3.8, 4) is 5.75 Å². The van der Waals surface area contributed by atoms with Crippen LogP contribution in [0.2, 0.25) is 0 Å². The number of rotatable bonds is 8. The molecule has 1 amide bonds. The van der Waals surface area contributed by atoms with E-state index in [-0.39, 0.29) is 11.7 Å². The van der Waals surface area contributed by atoms with Gasteiger partial charge in [-0.15, -0.1) is 0 Å². The largest absolute Gasteiger partial charge is 0.435 e. The minimum atomic E-state index is -2.88. The zero-order chi connectivity index (χ0) is 15.0. The highest BCUT2D eigenvalue weighted by molar-refractivity contribution is 5.90. The molecule has 0 fully saturated rings. The third-order valence-electron chi connectivity index (χ3n) is 2.87. The molecule has 0 saturated carbocycles. The molecule has 4 nitrogen and oxygen atoms in total. The van der Waals surface area contributed by atoms with E-state index in [4.69, 9.17) is 5.73 Å². The summed E-state index contributed by atoms with van der Waals surface area (Å²) in [7, 11) is 0. The SMILES string of the molecule is CC(CCN)CCC(=O)Nc1cccc(OC(F)F)c1. The van der Waals surface area contributed by atoms with Crippen LogP contribution in [-0.2, 0) is 4.79 Å². The maximum absolute atomic E-state index is 12.1. The lowest BCUT2D eigenvalue weighted by Crippen LogP contribution is -2.14. The van der Waals surface area contributed by atoms with Crippen LogP contribution in [0, 0.1) is 5.92 Å². The third kappa shape index (κ3) is 6.47. The van der Waals surface area contributed by atoms with Crippen molar-refractivity contribution in [1.82, 2.24) is 0 Å². The Bertz CT molecular complexity index is 427. The monoisotopic (exact) mass is 286 g/mol. The molecule has 0 aliphatic rings. The van der Waals surface area contributed by atoms with Gasteiger partial charge in [0.1, 0.15) is 5.75 Å². The Labute approximate surface area is 117 Å². The molecule has 1 aromatic carbocycles. The number of hydrogen-bond donors (Lipinski definition) is 2. The van der Waals surface area contributed by atoms with Crippen molar-refractivity contribution in [2.45, 2.75) is 32.8 Å². The molecule has 20 heavy (non-hydrogen) atoms. The number of benzene rings is 1. The highest BCUT2D eigenvalue weighted by Gasteiger charge is 2.08. The molecule has 1 unspecified atom stereocenters. The summed E-state index contributed by atoms with van der Waals surface area (Å²) in [6.07, 6.45) is 2.00. The van der Waals surface area contributed by atoms with Crippen molar-refractivity contribution in [3.05, 3.63) is 24.3 Å². The first-order valence-electron chi connectivity index (χ1n) is 6.56. The summed E-state index contributed by atoms with van der Waals surface area (Å²) in [6, 6.07) is 5.95. The van der Waals surface area contributed by atoms with Gasteiger partial charge in [-0.05, 0) is 37.4 Å². The normalized spacial score (nSPS) is 12.2. The first kappa shape index (κ1) is 16.4. The topological polar surface area (TPSA) is 64.4 Å². The van der Waals surface area contributed by atoms with E-state index in [0.29, 0.717) is 24.6 Å². The van der Waals surface area contributed by atoms with Crippen molar-refractivity contribution in [3.63, 3.8) is 0 Å². The van der Waals surface area contributed by atoms with Crippen molar-refractivity contribution in [1.29, 1.82) is 0 Å². The van der Waals surface area contributed by atoms with E-state index in [0.717, 1.165) is 12.8 Å². The average Bonchev–Trinajstić information content (AvgIpc) is 2.36. The maximum Gasteiger partial charge on any atom is 0.387 e. The standard InChI is InChI=1S/C14H20F2N2O2/c1-10(7-8-17)5-6-13(19)18-11-3-2-4-12(9-11)20-14(15)16/h2-4,9-10,14H,5-8,17H2,1H3,(H,18,19). The van der Waals surface area contributed by atoms with Gasteiger partial charge in [0.2, 0.25) is 5.91 Å². The molecule has 0 saturated heterocycles. The lowest BCUT2D eigenvalue weighted by Gasteiger charge is -2.11. The number of nitrogens with one attached hydrogen (secondary N) is 1. The van der Waals surface area contributed by atoms with Gasteiger partial charge >= 0.3 is 6.61 Å². The molecule has 1 rings (SSSR count). The molecule has 0 aromatic heterocycles. The number of halogens is 2. The molecule has 1 aromatic rings. The summed E-state index contributed by atoms with van der Waals surface area (Å²) in [5.41, 5.74) is 5.88. The predicted molar refractivity (Wildman–Crippen MR) is 73.8 cm³/mol. The Hall–Kier alpha value is -1.69. The number of anilines is 1. The average molecular weight is 286 g/mol. The number of carbonyl (C=O) groups is 1. The molecule has 0 heterocycles. The summed E-state index contributed by atoms with van der Waals surface area (Å²) in [5.74, 6) is 0.261. The number of carbonyl (C=O) groups excluding carboxylic acids is 1. The maximum atomic E-state index is 12.1. The molecule has 0 bridgehead atoms. The summed E-state index contributed by atoms with van der Waals surface area (Å²) >= 11 is 0. The Morgan fingerprint density at radius 1 is 1.40 bits per heavy atom. The minimum absolute atomic E-state index is 0.0225. The zero-order valence-electron chi connectivity index (χ0n) is 11.4. The van der Waals surface area contributed by atoms with Gasteiger partial charge in [0.05, 0.1) is 0 Å². The third-order valence-corrected chi connectivity index (χ3v) is 2.87. The first-order chi connectivity index (χ1) is 9.51. The Balaban J connectivity index is 2.45. The van der Waals surface area contributed by atoms with Gasteiger partial charge < -0.3 is 15.8 Å². The lowest BCUT2D eigenvalue weighted by atomic mass is 10.0. The Morgan fingerprint density at radius 2 is 2.15 bits per heavy atom. The number of ether oxygens (including phenoxy) is 1. The molecule has 6 heteroatoms. The number of hydrogen-bond acceptors (Lipinski definition) is 3. The van der Waals surface area contributed by atoms with Crippen LogP contribution in [0.1, 0.15) is 26.2 Å². The van der Waals surface area contributed by atoms with Gasteiger partial charge in [-0.1, -0.05) is 13.0 Å². The van der Waals surface area contributed by atoms with Crippen LogP contribution >= 0.6 is 0 Å². The summed E-state index contributed by atoms with van der Waals surface area (Å²) in [5, 5.41) is 2.66. The van der Waals surface area contributed by atoms with E-state index >= 15 is 0 Å². The highest BCUT2D eigenvalue weighted by atomic mass is 19.3. The van der Waals surface area contributed by atoms with Crippen LogP contribution in [0.25, 0.3) is 0 Å². The molecular weight excluding hydrogens is 266 g/mol. The van der Waals surface area contributed by atoms with E-state index in [1.807, 2.05) is 6.92 Å². The number of amides is 1. The zero-order valence-corrected chi connectivity index (χ0v) is 11.4. The second-order valence-electron chi connectivity index (χ2n) is 4.68. The molecule has 0 radical (unpaired) electrons. The van der Waals surface area contributed by atoms with Gasteiger partial charge in [-0.3, -0.25) is 4.79 Å². The molecule has 1 atom stereocenters. The summed E-state index contributed by atoms with van der Waals surface area (Å²) in [6.45, 7) is -0.231. The van der Waals surface area contributed by atoms with E-state index in [9.17, 15) is 13.6 Å². The first-order valence-corrected chi connectivity index (χ1v) is 6.56. The van der Waals surface area contributed by atoms with Crippen LogP contribution in [0.3, 0.4) is 0 Å². The minimum Gasteiger partial charge on any atom is -0.435 e. The van der Waals surface area contributed by atoms with Crippen LogP contribution in [0.15, 0.2) is 24.3 Å². The van der Waals surface area contributed by atoms with E-state index in [1.54, 1.807) is 12.1 Å². The van der Waals surface area contributed by atoms with Crippen molar-refractivity contribution in [2.75, 3.05) is 11.9 Å². The quantitative estimate of drug-likeness (QED) is 0.772. The summed E-state index contributed by atoms with van der Waals surface area (Å²) in [4.78, 5) is 11.7. The van der Waals surface area contributed by atoms with Crippen LogP contribution < -0.4 is 15.8 Å². The van der Waals surface area contributed by atoms with Crippen molar-refractivity contribution in [2.24, 2.45) is 11.7 Å². The second kappa shape index (κ2) is 8.47. The lowest BCUT2D eigenvalue weighted by molar-refractivity contribution is -0.116. The summed E-state index contributed by atoms with van der Waals surface area (Å²) < 4.78 is 28.4. The van der Waals surface area contributed by atoms with Gasteiger partial charge in [-0.25, -0.2) is 0 Å². The van der Waals surface area contributed by atoms with Crippen molar-refractivity contribution < 1.29 is 18.3 Å². The molecule has 0 aliphatic heterocycles. The number of alkyl halides is 2.